The fourth-order valence-corrected chi connectivity index (χ4v) is 1.41. The summed E-state index contributed by atoms with van der Waals surface area (Å²) in [6.45, 7) is 1.97. The number of methoxy groups -OCH3 is 2. The molecule has 5 nitrogen and oxygen atoms in total. The normalized spacial score (nSPS) is 10.4. The van der Waals surface area contributed by atoms with Gasteiger partial charge in [0.25, 0.3) is 0 Å². The monoisotopic (exact) mass is 268 g/mol. The second-order valence-electron chi connectivity index (χ2n) is 3.81. The number of ether oxygens (including phenoxy) is 4. The molecular formula is C14H20O5. The SMILES string of the molecule is COCCOCCOCC(=O)c1cccc(OC)c1. The maximum absolute atomic E-state index is 11.8. The van der Waals surface area contributed by atoms with Gasteiger partial charge in [0.15, 0.2) is 5.78 Å². The summed E-state index contributed by atoms with van der Waals surface area (Å²) >= 11 is 0. The highest BCUT2D eigenvalue weighted by Crippen LogP contribution is 2.12. The molecule has 5 heteroatoms. The van der Waals surface area contributed by atoms with Crippen LogP contribution in [0.1, 0.15) is 10.4 Å². The van der Waals surface area contributed by atoms with Gasteiger partial charge in [0, 0.05) is 12.7 Å². The lowest BCUT2D eigenvalue weighted by Crippen LogP contribution is -2.13. The van der Waals surface area contributed by atoms with Gasteiger partial charge < -0.3 is 18.9 Å². The molecule has 0 unspecified atom stereocenters. The Morgan fingerprint density at radius 3 is 2.53 bits per heavy atom. The number of carbonyl (C=O) groups is 1. The number of ketones is 1. The Kier molecular flexibility index (Phi) is 7.81. The van der Waals surface area contributed by atoms with Gasteiger partial charge in [-0.25, -0.2) is 0 Å². The Bertz CT molecular complexity index is 378. The van der Waals surface area contributed by atoms with Gasteiger partial charge in [-0.05, 0) is 12.1 Å². The molecule has 0 aliphatic heterocycles. The summed E-state index contributed by atoms with van der Waals surface area (Å²) in [5.74, 6) is 0.588. The second-order valence-corrected chi connectivity index (χ2v) is 3.81. The van der Waals surface area contributed by atoms with Crippen molar-refractivity contribution in [1.29, 1.82) is 0 Å². The van der Waals surface area contributed by atoms with E-state index in [-0.39, 0.29) is 12.4 Å². The van der Waals surface area contributed by atoms with E-state index in [1.165, 1.54) is 0 Å². The van der Waals surface area contributed by atoms with Crippen molar-refractivity contribution in [3.05, 3.63) is 29.8 Å². The third-order valence-corrected chi connectivity index (χ3v) is 2.43. The van der Waals surface area contributed by atoms with Crippen molar-refractivity contribution in [3.63, 3.8) is 0 Å². The standard InChI is InChI=1S/C14H20O5/c1-16-6-7-18-8-9-19-11-14(15)12-4-3-5-13(10-12)17-2/h3-5,10H,6-9,11H2,1-2H3. The Hall–Kier alpha value is -1.43. The molecule has 0 aromatic heterocycles. The van der Waals surface area contributed by atoms with E-state index < -0.39 is 0 Å². The molecular weight excluding hydrogens is 248 g/mol. The first kappa shape index (κ1) is 15.6. The molecule has 1 rings (SSSR count). The Morgan fingerprint density at radius 1 is 1.05 bits per heavy atom. The van der Waals surface area contributed by atoms with E-state index in [1.807, 2.05) is 0 Å². The third kappa shape index (κ3) is 6.33. The predicted octanol–water partition coefficient (Wildman–Crippen LogP) is 1.56. The summed E-state index contributed by atoms with van der Waals surface area (Å²) in [7, 11) is 3.18. The van der Waals surface area contributed by atoms with E-state index in [0.717, 1.165) is 0 Å². The number of benzene rings is 1. The van der Waals surface area contributed by atoms with Crippen molar-refractivity contribution in [1.82, 2.24) is 0 Å². The van der Waals surface area contributed by atoms with E-state index in [9.17, 15) is 4.79 Å². The highest BCUT2D eigenvalue weighted by Gasteiger charge is 2.06. The Labute approximate surface area is 113 Å². The topological polar surface area (TPSA) is 54.0 Å². The Balaban J connectivity index is 2.20. The number of rotatable bonds is 10. The van der Waals surface area contributed by atoms with Crippen LogP contribution in [0.2, 0.25) is 0 Å². The van der Waals surface area contributed by atoms with Gasteiger partial charge in [-0.3, -0.25) is 4.79 Å². The minimum Gasteiger partial charge on any atom is -0.497 e. The van der Waals surface area contributed by atoms with Gasteiger partial charge in [0.1, 0.15) is 12.4 Å². The predicted molar refractivity (Wildman–Crippen MR) is 70.8 cm³/mol. The molecule has 0 amide bonds. The molecule has 0 heterocycles. The summed E-state index contributed by atoms with van der Waals surface area (Å²) in [4.78, 5) is 11.8. The molecule has 0 atom stereocenters. The third-order valence-electron chi connectivity index (χ3n) is 2.43. The molecule has 0 saturated carbocycles. The fraction of sp³-hybridized carbons (Fsp3) is 0.500. The average Bonchev–Trinajstić information content (AvgIpc) is 2.46. The first-order valence-electron chi connectivity index (χ1n) is 6.09. The number of hydrogen-bond acceptors (Lipinski definition) is 5. The molecule has 0 aliphatic carbocycles. The van der Waals surface area contributed by atoms with Crippen molar-refractivity contribution in [2.24, 2.45) is 0 Å². The molecule has 19 heavy (non-hydrogen) atoms. The number of Topliss-reactive ketones (excluding diaryl/α,β-unsaturated/α-hetero) is 1. The Morgan fingerprint density at radius 2 is 1.79 bits per heavy atom. The molecule has 1 aromatic rings. The van der Waals surface area contributed by atoms with Crippen LogP contribution >= 0.6 is 0 Å². The number of hydrogen-bond donors (Lipinski definition) is 0. The van der Waals surface area contributed by atoms with Gasteiger partial charge in [-0.2, -0.15) is 0 Å². The highest BCUT2D eigenvalue weighted by atomic mass is 16.5. The lowest BCUT2D eigenvalue weighted by Gasteiger charge is -2.06. The van der Waals surface area contributed by atoms with Crippen LogP contribution in [-0.2, 0) is 14.2 Å². The van der Waals surface area contributed by atoms with Crippen LogP contribution in [0.5, 0.6) is 5.75 Å². The minimum atomic E-state index is -0.0733. The smallest absolute Gasteiger partial charge is 0.188 e. The van der Waals surface area contributed by atoms with Crippen LogP contribution in [0, 0.1) is 0 Å². The molecule has 0 bridgehead atoms. The summed E-state index contributed by atoms with van der Waals surface area (Å²) in [5, 5.41) is 0. The van der Waals surface area contributed by atoms with Gasteiger partial charge in [-0.15, -0.1) is 0 Å². The lowest BCUT2D eigenvalue weighted by atomic mass is 10.1. The second kappa shape index (κ2) is 9.49. The van der Waals surface area contributed by atoms with Crippen molar-refractivity contribution in [2.45, 2.75) is 0 Å². The zero-order valence-electron chi connectivity index (χ0n) is 11.4. The summed E-state index contributed by atoms with van der Waals surface area (Å²) in [6.07, 6.45) is 0. The van der Waals surface area contributed by atoms with Crippen LogP contribution in [0.4, 0.5) is 0 Å². The first-order valence-corrected chi connectivity index (χ1v) is 6.09. The van der Waals surface area contributed by atoms with E-state index in [1.54, 1.807) is 38.5 Å². The summed E-state index contributed by atoms with van der Waals surface area (Å²) < 4.78 is 20.4. The maximum Gasteiger partial charge on any atom is 0.188 e. The fourth-order valence-electron chi connectivity index (χ4n) is 1.41. The van der Waals surface area contributed by atoms with E-state index in [2.05, 4.69) is 0 Å². The van der Waals surface area contributed by atoms with Crippen molar-refractivity contribution < 1.29 is 23.7 Å². The van der Waals surface area contributed by atoms with Crippen molar-refractivity contribution >= 4 is 5.78 Å². The zero-order valence-corrected chi connectivity index (χ0v) is 11.4. The molecule has 0 N–H and O–H groups in total. The van der Waals surface area contributed by atoms with Crippen LogP contribution in [0.15, 0.2) is 24.3 Å². The molecule has 106 valence electrons. The van der Waals surface area contributed by atoms with E-state index >= 15 is 0 Å². The average molecular weight is 268 g/mol. The number of carbonyl (C=O) groups excluding carboxylic acids is 1. The largest absolute Gasteiger partial charge is 0.497 e. The summed E-state index contributed by atoms with van der Waals surface area (Å²) in [5.41, 5.74) is 0.583. The summed E-state index contributed by atoms with van der Waals surface area (Å²) in [6, 6.07) is 7.01. The van der Waals surface area contributed by atoms with Crippen LogP contribution < -0.4 is 4.74 Å². The molecule has 0 spiro atoms. The quantitative estimate of drug-likeness (QED) is 0.476. The highest BCUT2D eigenvalue weighted by molar-refractivity contribution is 5.97. The molecule has 0 fully saturated rings. The van der Waals surface area contributed by atoms with Crippen LogP contribution in [0.3, 0.4) is 0 Å². The van der Waals surface area contributed by atoms with Gasteiger partial charge in [0.2, 0.25) is 0 Å². The lowest BCUT2D eigenvalue weighted by molar-refractivity contribution is 0.0253. The van der Waals surface area contributed by atoms with Crippen molar-refractivity contribution in [2.75, 3.05) is 47.3 Å². The minimum absolute atomic E-state index is 0.0425. The molecule has 0 saturated heterocycles. The van der Waals surface area contributed by atoms with Crippen molar-refractivity contribution in [3.8, 4) is 5.75 Å². The van der Waals surface area contributed by atoms with E-state index in [0.29, 0.717) is 37.7 Å². The first-order chi connectivity index (χ1) is 9.27. The maximum atomic E-state index is 11.8. The van der Waals surface area contributed by atoms with Crippen LogP contribution in [0.25, 0.3) is 0 Å². The molecule has 1 aromatic carbocycles. The van der Waals surface area contributed by atoms with Gasteiger partial charge in [-0.1, -0.05) is 12.1 Å². The van der Waals surface area contributed by atoms with Crippen LogP contribution in [-0.4, -0.2) is 53.0 Å². The van der Waals surface area contributed by atoms with Gasteiger partial charge >= 0.3 is 0 Å². The zero-order chi connectivity index (χ0) is 13.9. The molecule has 0 aliphatic rings. The van der Waals surface area contributed by atoms with E-state index in [4.69, 9.17) is 18.9 Å². The van der Waals surface area contributed by atoms with Gasteiger partial charge in [0.05, 0.1) is 33.5 Å². The molecule has 0 radical (unpaired) electrons.